The molecule has 0 aromatic heterocycles. The van der Waals surface area contributed by atoms with Crippen LogP contribution in [0.3, 0.4) is 0 Å². The molecule has 0 radical (unpaired) electrons. The minimum Gasteiger partial charge on any atom is -0.496 e. The highest BCUT2D eigenvalue weighted by atomic mass is 16.5. The van der Waals surface area contributed by atoms with Gasteiger partial charge in [0, 0.05) is 12.1 Å². The lowest BCUT2D eigenvalue weighted by molar-refractivity contribution is 0.247. The van der Waals surface area contributed by atoms with Crippen LogP contribution in [0.2, 0.25) is 0 Å². The van der Waals surface area contributed by atoms with E-state index in [-0.39, 0.29) is 12.1 Å². The summed E-state index contributed by atoms with van der Waals surface area (Å²) in [5.41, 5.74) is 4.67. The molecule has 1 aliphatic rings. The average Bonchev–Trinajstić information content (AvgIpc) is 3.12. The molecule has 3 rings (SSSR count). The van der Waals surface area contributed by atoms with E-state index in [0.29, 0.717) is 6.54 Å². The monoisotopic (exact) mass is 352 g/mol. The summed E-state index contributed by atoms with van der Waals surface area (Å²) in [7, 11) is 1.69. The predicted molar refractivity (Wildman–Crippen MR) is 106 cm³/mol. The highest BCUT2D eigenvalue weighted by Gasteiger charge is 2.22. The number of hydrogen-bond acceptors (Lipinski definition) is 2. The highest BCUT2D eigenvalue weighted by Crippen LogP contribution is 2.33. The van der Waals surface area contributed by atoms with Crippen molar-refractivity contribution >= 4 is 6.03 Å². The molecular weight excluding hydrogens is 324 g/mol. The first kappa shape index (κ1) is 18.3. The molecule has 1 aliphatic heterocycles. The van der Waals surface area contributed by atoms with Crippen LogP contribution >= 0.6 is 0 Å². The summed E-state index contributed by atoms with van der Waals surface area (Å²) in [5.74, 6) is 0.833. The van der Waals surface area contributed by atoms with Gasteiger partial charge in [0.05, 0.1) is 13.2 Å². The second kappa shape index (κ2) is 8.75. The van der Waals surface area contributed by atoms with E-state index in [4.69, 9.17) is 4.74 Å². The van der Waals surface area contributed by atoms with Crippen molar-refractivity contribution in [2.45, 2.75) is 45.1 Å². The second-order valence-corrected chi connectivity index (χ2v) is 6.87. The lowest BCUT2D eigenvalue weighted by Gasteiger charge is -2.14. The lowest BCUT2D eigenvalue weighted by Crippen LogP contribution is -2.21. The zero-order valence-corrected chi connectivity index (χ0v) is 15.7. The molecule has 2 aromatic rings. The third kappa shape index (κ3) is 4.37. The first-order valence-electron chi connectivity index (χ1n) is 9.53. The van der Waals surface area contributed by atoms with E-state index in [2.05, 4.69) is 54.0 Å². The van der Waals surface area contributed by atoms with Gasteiger partial charge in [-0.2, -0.15) is 0 Å². The number of carbonyl (C=O) groups excluding carboxylic acids is 1. The maximum atomic E-state index is 11.4. The molecule has 4 nitrogen and oxygen atoms in total. The molecule has 2 N–H and O–H groups in total. The van der Waals surface area contributed by atoms with Crippen LogP contribution in [-0.2, 0) is 6.42 Å². The van der Waals surface area contributed by atoms with E-state index in [1.165, 1.54) is 31.2 Å². The van der Waals surface area contributed by atoms with Crippen LogP contribution in [-0.4, -0.2) is 19.7 Å². The van der Waals surface area contributed by atoms with Gasteiger partial charge in [-0.1, -0.05) is 62.6 Å². The molecule has 0 bridgehead atoms. The average molecular weight is 352 g/mol. The molecule has 26 heavy (non-hydrogen) atoms. The van der Waals surface area contributed by atoms with E-state index in [0.717, 1.165) is 28.9 Å². The molecule has 2 aromatic carbocycles. The van der Waals surface area contributed by atoms with Crippen LogP contribution in [0.5, 0.6) is 5.75 Å². The largest absolute Gasteiger partial charge is 0.496 e. The third-order valence-electron chi connectivity index (χ3n) is 4.98. The van der Waals surface area contributed by atoms with Gasteiger partial charge in [-0.25, -0.2) is 4.79 Å². The second-order valence-electron chi connectivity index (χ2n) is 6.87. The SMILES string of the molecule is CCCCCCc1ccc(-c2ccc(C3CNC(=O)N3)cc2OC)cc1. The number of benzene rings is 2. The summed E-state index contributed by atoms with van der Waals surface area (Å²) in [6.45, 7) is 2.85. The Hall–Kier alpha value is -2.49. The van der Waals surface area contributed by atoms with Gasteiger partial charge in [0.15, 0.2) is 0 Å². The Balaban J connectivity index is 1.72. The van der Waals surface area contributed by atoms with Crippen molar-refractivity contribution in [2.75, 3.05) is 13.7 Å². The number of urea groups is 1. The van der Waals surface area contributed by atoms with Crippen molar-refractivity contribution < 1.29 is 9.53 Å². The Labute approximate surface area is 156 Å². The minimum absolute atomic E-state index is 0.00375. The quantitative estimate of drug-likeness (QED) is 0.668. The van der Waals surface area contributed by atoms with Gasteiger partial charge in [-0.15, -0.1) is 0 Å². The summed E-state index contributed by atoms with van der Waals surface area (Å²) in [5, 5.41) is 5.70. The van der Waals surface area contributed by atoms with Crippen LogP contribution in [0.15, 0.2) is 42.5 Å². The van der Waals surface area contributed by atoms with Gasteiger partial charge < -0.3 is 15.4 Å². The highest BCUT2D eigenvalue weighted by molar-refractivity contribution is 5.77. The Kier molecular flexibility index (Phi) is 6.16. The number of ether oxygens (including phenoxy) is 1. The fraction of sp³-hybridized carbons (Fsp3) is 0.409. The number of carbonyl (C=O) groups is 1. The first-order chi connectivity index (χ1) is 12.7. The number of aryl methyl sites for hydroxylation is 1. The van der Waals surface area contributed by atoms with E-state index in [1.807, 2.05) is 6.07 Å². The standard InChI is InChI=1S/C22H28N2O2/c1-3-4-5-6-7-16-8-10-17(11-9-16)19-13-12-18(14-21(19)26-2)20-15-23-22(25)24-20/h8-14,20H,3-7,15H2,1-2H3,(H2,23,24,25). The molecule has 0 spiro atoms. The van der Waals surface area contributed by atoms with Crippen molar-refractivity contribution in [1.82, 2.24) is 10.6 Å². The van der Waals surface area contributed by atoms with Gasteiger partial charge in [0.25, 0.3) is 0 Å². The van der Waals surface area contributed by atoms with Crippen LogP contribution in [0.25, 0.3) is 11.1 Å². The zero-order valence-electron chi connectivity index (χ0n) is 15.7. The zero-order chi connectivity index (χ0) is 18.4. The molecule has 1 atom stereocenters. The smallest absolute Gasteiger partial charge is 0.315 e. The number of nitrogens with one attached hydrogen (secondary N) is 2. The van der Waals surface area contributed by atoms with Crippen molar-refractivity contribution in [3.05, 3.63) is 53.6 Å². The normalized spacial score (nSPS) is 16.2. The molecule has 0 saturated carbocycles. The number of amides is 2. The van der Waals surface area contributed by atoms with Crippen LogP contribution in [0, 0.1) is 0 Å². The molecule has 1 fully saturated rings. The molecule has 138 valence electrons. The maximum absolute atomic E-state index is 11.4. The van der Waals surface area contributed by atoms with Gasteiger partial charge in [0.1, 0.15) is 5.75 Å². The molecular formula is C22H28N2O2. The Morgan fingerprint density at radius 1 is 1.08 bits per heavy atom. The summed E-state index contributed by atoms with van der Waals surface area (Å²) in [4.78, 5) is 11.4. The van der Waals surface area contributed by atoms with Gasteiger partial charge >= 0.3 is 6.03 Å². The summed E-state index contributed by atoms with van der Waals surface area (Å²) in [6, 6.07) is 14.8. The fourth-order valence-electron chi connectivity index (χ4n) is 3.43. The van der Waals surface area contributed by atoms with Gasteiger partial charge in [-0.3, -0.25) is 0 Å². The first-order valence-corrected chi connectivity index (χ1v) is 9.53. The van der Waals surface area contributed by atoms with Crippen molar-refractivity contribution in [3.63, 3.8) is 0 Å². The number of unbranched alkanes of at least 4 members (excludes halogenated alkanes) is 3. The van der Waals surface area contributed by atoms with E-state index in [1.54, 1.807) is 7.11 Å². The Bertz CT molecular complexity index is 740. The van der Waals surface area contributed by atoms with E-state index >= 15 is 0 Å². The predicted octanol–water partition coefficient (Wildman–Crippen LogP) is 4.84. The summed E-state index contributed by atoms with van der Waals surface area (Å²) in [6.07, 6.45) is 6.30. The summed E-state index contributed by atoms with van der Waals surface area (Å²) < 4.78 is 5.62. The number of rotatable bonds is 8. The maximum Gasteiger partial charge on any atom is 0.315 e. The molecule has 2 amide bonds. The Morgan fingerprint density at radius 3 is 2.54 bits per heavy atom. The minimum atomic E-state index is -0.118. The Morgan fingerprint density at radius 2 is 1.88 bits per heavy atom. The van der Waals surface area contributed by atoms with Crippen molar-refractivity contribution in [1.29, 1.82) is 0 Å². The summed E-state index contributed by atoms with van der Waals surface area (Å²) >= 11 is 0. The van der Waals surface area contributed by atoms with Crippen LogP contribution in [0.1, 0.15) is 49.8 Å². The fourth-order valence-corrected chi connectivity index (χ4v) is 3.43. The number of hydrogen-bond donors (Lipinski definition) is 2. The van der Waals surface area contributed by atoms with Gasteiger partial charge in [0.2, 0.25) is 0 Å². The van der Waals surface area contributed by atoms with Crippen LogP contribution < -0.4 is 15.4 Å². The van der Waals surface area contributed by atoms with Crippen LogP contribution in [0.4, 0.5) is 4.79 Å². The van der Waals surface area contributed by atoms with Crippen molar-refractivity contribution in [3.8, 4) is 16.9 Å². The van der Waals surface area contributed by atoms with E-state index in [9.17, 15) is 4.79 Å². The molecule has 4 heteroatoms. The molecule has 0 aliphatic carbocycles. The third-order valence-corrected chi connectivity index (χ3v) is 4.98. The lowest BCUT2D eigenvalue weighted by atomic mass is 9.98. The topological polar surface area (TPSA) is 50.4 Å². The van der Waals surface area contributed by atoms with Gasteiger partial charge in [-0.05, 0) is 35.6 Å². The molecule has 1 saturated heterocycles. The molecule has 1 unspecified atom stereocenters. The van der Waals surface area contributed by atoms with Crippen molar-refractivity contribution in [2.24, 2.45) is 0 Å². The number of methoxy groups -OCH3 is 1. The molecule has 1 heterocycles. The van der Waals surface area contributed by atoms with E-state index < -0.39 is 0 Å².